The number of esters is 1. The summed E-state index contributed by atoms with van der Waals surface area (Å²) in [6.45, 7) is 7.63. The third kappa shape index (κ3) is 21.3. The molecule has 510 valence electrons. The molecule has 0 aliphatic carbocycles. The van der Waals surface area contributed by atoms with Crippen LogP contribution in [0.5, 0.6) is 0 Å². The van der Waals surface area contributed by atoms with Crippen molar-refractivity contribution in [3.8, 4) is 0 Å². The Morgan fingerprint density at radius 2 is 0.979 bits per heavy atom. The molecule has 8 heterocycles. The third-order valence-electron chi connectivity index (χ3n) is 14.2. The number of carbonyl (C=O) groups excluding carboxylic acids is 4. The lowest BCUT2D eigenvalue weighted by Gasteiger charge is -2.33. The van der Waals surface area contributed by atoms with E-state index in [1.54, 1.807) is 99.0 Å². The van der Waals surface area contributed by atoms with Crippen molar-refractivity contribution in [2.75, 3.05) is 22.6 Å². The van der Waals surface area contributed by atoms with Crippen molar-refractivity contribution in [3.63, 3.8) is 0 Å². The van der Waals surface area contributed by atoms with Crippen LogP contribution in [-0.2, 0) is 93.8 Å². The highest BCUT2D eigenvalue weighted by atomic mass is 127. The predicted molar refractivity (Wildman–Crippen MR) is 401 cm³/mol. The number of thioether (sulfide) groups is 4. The molecule has 7 atom stereocenters. The molecule has 0 spiro atoms. The summed E-state index contributed by atoms with van der Waals surface area (Å²) in [4.78, 5) is 57.8. The summed E-state index contributed by atoms with van der Waals surface area (Å²) in [7, 11) is 17.5. The van der Waals surface area contributed by atoms with Crippen LogP contribution in [0.25, 0.3) is 0 Å². The Balaban J connectivity index is 0.000000157. The van der Waals surface area contributed by atoms with E-state index < -0.39 is 38.1 Å². The fourth-order valence-corrected chi connectivity index (χ4v) is 18.6. The average Bonchev–Trinajstić information content (AvgIpc) is 1.51. The van der Waals surface area contributed by atoms with Crippen molar-refractivity contribution in [2.45, 2.75) is 111 Å². The number of anilines is 3. The molecule has 5 aromatic heterocycles. The van der Waals surface area contributed by atoms with Crippen LogP contribution >= 0.6 is 138 Å². The first-order chi connectivity index (χ1) is 45.6. The van der Waals surface area contributed by atoms with Crippen LogP contribution in [0.1, 0.15) is 49.9 Å². The van der Waals surface area contributed by atoms with E-state index in [1.165, 1.54) is 56.5 Å². The van der Waals surface area contributed by atoms with Crippen LogP contribution in [-0.4, -0.2) is 118 Å². The standard InChI is InChI=1S/C17H18ClN3O3S.C16H17ClN4O3S.C13H14ClIN2S.C13H16ClN3S.C4H4ClN3S2/c1-10(17(23)24-3)21-15-14(9-20(2)19-15)25-13(16(21)22)8-11-4-6-12(18)7-5-11;1-9(15(22)19-24)21-14-13(8-20(2)18-14)25-12(16(21)23)7-10-3-5-11(17)6-4-10;2*1-9(7-10-3-5-11(14)6-4-10)18-12-8-17(2)16-13(12)15;1-8-2-3-4(6-8)7-10(5)9-3/h4-7,9-10,13H,8H2,1-3H3;3-6,8-9,12,24H,7H2,1-2H3,(H,19,22);3-6,8-9H,7H2,1-2H3;3-6,8-9H,7H2,1-2H3,(H2,15,16);2H,1H3/t10-,13?;9-,12?;;;/m00.../s1. The fourth-order valence-electron chi connectivity index (χ4n) is 9.75. The van der Waals surface area contributed by atoms with E-state index in [0.29, 0.717) is 50.8 Å². The zero-order valence-electron chi connectivity index (χ0n) is 53.5. The molecule has 4 aromatic carbocycles. The molecular weight excluding hydrogens is 1560 g/mol. The van der Waals surface area contributed by atoms with Gasteiger partial charge in [-0.25, -0.2) is 10.3 Å². The second-order valence-corrected chi connectivity index (χ2v) is 34.3. The van der Waals surface area contributed by atoms with Gasteiger partial charge in [-0.15, -0.1) is 47.0 Å². The Morgan fingerprint density at radius 3 is 1.38 bits per heavy atom. The monoisotopic (exact) mass is 1630 g/mol. The number of aryl methyl sites for hydroxylation is 5. The van der Waals surface area contributed by atoms with Crippen LogP contribution in [0.2, 0.25) is 20.1 Å². The van der Waals surface area contributed by atoms with Crippen molar-refractivity contribution in [2.24, 2.45) is 39.6 Å². The molecule has 0 radical (unpaired) electrons. The number of hydrogen-bond acceptors (Lipinski definition) is 18. The van der Waals surface area contributed by atoms with Gasteiger partial charge in [-0.1, -0.05) is 109 Å². The average molecular weight is 1630 g/mol. The number of hydroxylamine groups is 1. The van der Waals surface area contributed by atoms with Gasteiger partial charge in [0, 0.05) is 96.8 Å². The maximum Gasteiger partial charge on any atom is 0.328 e. The smallest absolute Gasteiger partial charge is 0.328 e. The molecule has 3 aliphatic rings. The summed E-state index contributed by atoms with van der Waals surface area (Å²) < 4.78 is 18.6. The minimum atomic E-state index is -0.875. The second-order valence-electron chi connectivity index (χ2n) is 22.0. The van der Waals surface area contributed by atoms with Gasteiger partial charge in [0.25, 0.3) is 5.91 Å². The molecule has 4 N–H and O–H groups in total. The highest BCUT2D eigenvalue weighted by Crippen LogP contribution is 2.43. The number of halogens is 6. The summed E-state index contributed by atoms with van der Waals surface area (Å²) in [6.07, 6.45) is 12.7. The maximum absolute atomic E-state index is 13.1. The summed E-state index contributed by atoms with van der Waals surface area (Å²) in [6, 6.07) is 29.2. The van der Waals surface area contributed by atoms with Crippen LogP contribution in [0.3, 0.4) is 0 Å². The number of nitrogens with zero attached hydrogens (tertiary/aromatic N) is 13. The molecule has 5 unspecified atom stereocenters. The molecule has 3 aliphatic heterocycles. The first kappa shape index (κ1) is 76.4. The molecule has 0 bridgehead atoms. The molecule has 0 saturated heterocycles. The Hall–Kier alpha value is -5.35. The van der Waals surface area contributed by atoms with E-state index in [2.05, 4.69) is 96.8 Å². The largest absolute Gasteiger partial charge is 0.467 e. The SMILES string of the molecule is CC(Cc1ccc(Cl)cc1)Sc1cn(C)nc1I.CC(Cc1ccc(Cl)cc1)Sc1cn(C)nc1N.COC(=O)[C@H](C)N1C(=O)C(Cc2ccc(Cl)cc2)Sc2cn(C)nc21.C[C@@H](C(=O)NO)N1C(=O)C(Cc2ccc(Cl)cc2)Sc2cn(C)nc21.Cn1cc2c(n1)N=S(Cl)S2. The molecule has 96 heavy (non-hydrogen) atoms. The molecular formula is C63H69Cl5IN15O6S6. The zero-order chi connectivity index (χ0) is 69.7. The maximum atomic E-state index is 13.1. The number of carbonyl (C=O) groups is 4. The molecule has 0 saturated carbocycles. The van der Waals surface area contributed by atoms with Gasteiger partial charge >= 0.3 is 5.97 Å². The van der Waals surface area contributed by atoms with Crippen molar-refractivity contribution in [1.29, 1.82) is 0 Å². The van der Waals surface area contributed by atoms with Crippen LogP contribution < -0.4 is 21.0 Å². The number of methoxy groups -OCH3 is 1. The van der Waals surface area contributed by atoms with Gasteiger partial charge < -0.3 is 10.5 Å². The van der Waals surface area contributed by atoms with Crippen LogP contribution in [0.15, 0.2) is 157 Å². The minimum Gasteiger partial charge on any atom is -0.467 e. The van der Waals surface area contributed by atoms with E-state index >= 15 is 0 Å². The van der Waals surface area contributed by atoms with Crippen LogP contribution in [0, 0.1) is 3.70 Å². The van der Waals surface area contributed by atoms with Gasteiger partial charge in [0.15, 0.2) is 23.3 Å². The lowest BCUT2D eigenvalue weighted by molar-refractivity contribution is -0.143. The lowest BCUT2D eigenvalue weighted by Crippen LogP contribution is -2.52. The molecule has 33 heteroatoms. The number of rotatable bonds is 16. The van der Waals surface area contributed by atoms with Crippen molar-refractivity contribution >= 4 is 193 Å². The number of fused-ring (bicyclic) bond motifs is 3. The van der Waals surface area contributed by atoms with Crippen molar-refractivity contribution < 1.29 is 29.1 Å². The topological polar surface area (TPSA) is 244 Å². The number of nitrogens with one attached hydrogen (secondary N) is 1. The summed E-state index contributed by atoms with van der Waals surface area (Å²) in [5.41, 5.74) is 12.0. The second kappa shape index (κ2) is 35.6. The number of amides is 3. The predicted octanol–water partition coefficient (Wildman–Crippen LogP) is 14.5. The molecule has 0 fully saturated rings. The normalized spacial score (nSPS) is 16.4. The number of benzene rings is 4. The molecule has 12 rings (SSSR count). The summed E-state index contributed by atoms with van der Waals surface area (Å²) in [5, 5.41) is 33.2. The first-order valence-electron chi connectivity index (χ1n) is 29.4. The van der Waals surface area contributed by atoms with Gasteiger partial charge in [0.05, 0.1) is 51.0 Å². The molecule has 3 amide bonds. The summed E-state index contributed by atoms with van der Waals surface area (Å²) >= 11 is 32.4. The van der Waals surface area contributed by atoms with E-state index in [-0.39, 0.29) is 17.1 Å². The number of nitrogen functional groups attached to an aromatic ring is 1. The number of nitrogens with two attached hydrogens (primary N) is 1. The zero-order valence-corrected chi connectivity index (χ0v) is 64.3. The Morgan fingerprint density at radius 1 is 0.594 bits per heavy atom. The van der Waals surface area contributed by atoms with Gasteiger partial charge in [-0.2, -0.15) is 29.9 Å². The van der Waals surface area contributed by atoms with E-state index in [0.717, 1.165) is 63.1 Å². The summed E-state index contributed by atoms with van der Waals surface area (Å²) in [5.74, 6) is 0.815. The lowest BCUT2D eigenvalue weighted by atomic mass is 10.1. The number of hydrogen-bond donors (Lipinski definition) is 3. The van der Waals surface area contributed by atoms with Crippen molar-refractivity contribution in [3.05, 3.63) is 174 Å². The van der Waals surface area contributed by atoms with Crippen molar-refractivity contribution in [1.82, 2.24) is 54.4 Å². The Labute approximate surface area is 618 Å². The molecule has 9 aromatic rings. The highest BCUT2D eigenvalue weighted by Gasteiger charge is 2.42. The number of ether oxygens (including phenoxy) is 1. The minimum absolute atomic E-state index is 0.149. The third-order valence-corrected chi connectivity index (χ3v) is 23.9. The van der Waals surface area contributed by atoms with E-state index in [4.69, 9.17) is 72.8 Å². The van der Waals surface area contributed by atoms with Crippen LogP contribution in [0.4, 0.5) is 23.3 Å². The van der Waals surface area contributed by atoms with E-state index in [9.17, 15) is 19.2 Å². The Bertz CT molecular complexity index is 3950. The van der Waals surface area contributed by atoms with Gasteiger partial charge in [0.1, 0.15) is 15.8 Å². The van der Waals surface area contributed by atoms with Gasteiger partial charge in [-0.05, 0) is 154 Å². The number of aromatic nitrogens is 10. The quantitative estimate of drug-likeness (QED) is 0.0203. The highest BCUT2D eigenvalue weighted by molar-refractivity contribution is 14.1. The van der Waals surface area contributed by atoms with E-state index in [1.807, 2.05) is 111 Å². The molecule has 21 nitrogen and oxygen atoms in total. The first-order valence-corrected chi connectivity index (χ1v) is 38.8. The fraction of sp³-hybridized carbons (Fsp3) is 0.317. The van der Waals surface area contributed by atoms with Gasteiger partial charge in [-0.3, -0.25) is 52.8 Å². The Kier molecular flexibility index (Phi) is 28.3. The van der Waals surface area contributed by atoms with Gasteiger partial charge in [0.2, 0.25) is 11.8 Å².